The smallest absolute Gasteiger partial charge is 0.264 e. The number of carbonyl (C=O) groups excluding carboxylic acids is 2. The fourth-order valence-corrected chi connectivity index (χ4v) is 5.37. The summed E-state index contributed by atoms with van der Waals surface area (Å²) in [5.74, 6) is -1.55. The number of hydrogen-bond acceptors (Lipinski definition) is 4. The van der Waals surface area contributed by atoms with Crippen LogP contribution in [0.2, 0.25) is 0 Å². The first-order valence-electron chi connectivity index (χ1n) is 12.7. The van der Waals surface area contributed by atoms with Gasteiger partial charge in [0.2, 0.25) is 11.8 Å². The van der Waals surface area contributed by atoms with E-state index in [1.807, 2.05) is 26.0 Å². The molecule has 2 amide bonds. The number of nitrogens with zero attached hydrogens (tertiary/aromatic N) is 2. The van der Waals surface area contributed by atoms with Crippen LogP contribution in [0.3, 0.4) is 0 Å². The van der Waals surface area contributed by atoms with Gasteiger partial charge in [-0.15, -0.1) is 0 Å². The molecule has 0 aromatic heterocycles. The summed E-state index contributed by atoms with van der Waals surface area (Å²) in [6.07, 6.45) is 1.47. The highest BCUT2D eigenvalue weighted by Gasteiger charge is 2.32. The molecule has 3 aromatic rings. The van der Waals surface area contributed by atoms with Crippen molar-refractivity contribution in [2.24, 2.45) is 0 Å². The quantitative estimate of drug-likeness (QED) is 0.367. The monoisotopic (exact) mass is 539 g/mol. The van der Waals surface area contributed by atoms with Gasteiger partial charge in [0.05, 0.1) is 10.6 Å². The zero-order valence-corrected chi connectivity index (χ0v) is 22.7. The molecule has 0 saturated heterocycles. The van der Waals surface area contributed by atoms with Gasteiger partial charge < -0.3 is 10.2 Å². The average molecular weight is 540 g/mol. The SMILES string of the molecule is CCCNC(=O)[C@@H](C)N(Cc1ccccc1F)C(=O)CN(c1ccc(CC)cc1)S(=O)(=O)c1ccccc1. The van der Waals surface area contributed by atoms with Crippen molar-refractivity contribution in [1.82, 2.24) is 10.2 Å². The average Bonchev–Trinajstić information content (AvgIpc) is 2.94. The summed E-state index contributed by atoms with van der Waals surface area (Å²) in [7, 11) is -4.13. The van der Waals surface area contributed by atoms with Crippen molar-refractivity contribution in [2.45, 2.75) is 51.1 Å². The number of hydrogen-bond donors (Lipinski definition) is 1. The second-order valence-electron chi connectivity index (χ2n) is 8.92. The summed E-state index contributed by atoms with van der Waals surface area (Å²) in [6.45, 7) is 5.10. The Balaban J connectivity index is 2.02. The number of nitrogens with one attached hydrogen (secondary N) is 1. The lowest BCUT2D eigenvalue weighted by Crippen LogP contribution is -2.51. The van der Waals surface area contributed by atoms with Crippen molar-refractivity contribution in [2.75, 3.05) is 17.4 Å². The number of carbonyl (C=O) groups is 2. The Bertz CT molecular complexity index is 1330. The van der Waals surface area contributed by atoms with Gasteiger partial charge in [0, 0.05) is 18.7 Å². The first kappa shape index (κ1) is 28.8. The van der Waals surface area contributed by atoms with E-state index in [-0.39, 0.29) is 17.0 Å². The van der Waals surface area contributed by atoms with Crippen LogP contribution in [0.4, 0.5) is 10.1 Å². The summed E-state index contributed by atoms with van der Waals surface area (Å²) in [4.78, 5) is 27.9. The molecule has 0 fully saturated rings. The summed E-state index contributed by atoms with van der Waals surface area (Å²) >= 11 is 0. The van der Waals surface area contributed by atoms with Gasteiger partial charge >= 0.3 is 0 Å². The second kappa shape index (κ2) is 13.2. The van der Waals surface area contributed by atoms with Gasteiger partial charge in [-0.3, -0.25) is 13.9 Å². The third-order valence-electron chi connectivity index (χ3n) is 6.26. The lowest BCUT2D eigenvalue weighted by molar-refractivity contribution is -0.139. The van der Waals surface area contributed by atoms with Crippen LogP contribution in [0, 0.1) is 5.82 Å². The van der Waals surface area contributed by atoms with Crippen LogP contribution in [0.5, 0.6) is 0 Å². The zero-order chi connectivity index (χ0) is 27.7. The standard InChI is InChI=1S/C29H34FN3O4S/c1-4-19-31-29(35)22(3)32(20-24-11-9-10-14-27(24)30)28(34)21-33(25-17-15-23(5-2)16-18-25)38(36,37)26-12-7-6-8-13-26/h6-18,22H,4-5,19-21H2,1-3H3,(H,31,35)/t22-/m1/s1. The predicted molar refractivity (Wildman–Crippen MR) is 147 cm³/mol. The van der Waals surface area contributed by atoms with Crippen molar-refractivity contribution in [1.29, 1.82) is 0 Å². The highest BCUT2D eigenvalue weighted by atomic mass is 32.2. The van der Waals surface area contributed by atoms with Gasteiger partial charge in [0.25, 0.3) is 10.0 Å². The molecule has 0 spiro atoms. The van der Waals surface area contributed by atoms with Crippen molar-refractivity contribution in [3.05, 3.63) is 95.8 Å². The van der Waals surface area contributed by atoms with E-state index in [2.05, 4.69) is 5.32 Å². The van der Waals surface area contributed by atoms with Crippen molar-refractivity contribution < 1.29 is 22.4 Å². The fraction of sp³-hybridized carbons (Fsp3) is 0.310. The van der Waals surface area contributed by atoms with Crippen molar-refractivity contribution >= 4 is 27.5 Å². The van der Waals surface area contributed by atoms with Crippen molar-refractivity contribution in [3.63, 3.8) is 0 Å². The molecule has 0 heterocycles. The molecular weight excluding hydrogens is 505 g/mol. The molecule has 0 aliphatic carbocycles. The first-order valence-corrected chi connectivity index (χ1v) is 14.1. The molecule has 0 aliphatic heterocycles. The first-order chi connectivity index (χ1) is 18.2. The van der Waals surface area contributed by atoms with E-state index in [1.165, 1.54) is 35.2 Å². The van der Waals surface area contributed by atoms with Gasteiger partial charge in [0.15, 0.2) is 0 Å². The molecule has 3 rings (SSSR count). The van der Waals surface area contributed by atoms with Crippen LogP contribution >= 0.6 is 0 Å². The van der Waals surface area contributed by atoms with Gasteiger partial charge in [-0.2, -0.15) is 0 Å². The molecule has 0 saturated carbocycles. The van der Waals surface area contributed by atoms with E-state index in [0.29, 0.717) is 18.7 Å². The van der Waals surface area contributed by atoms with Gasteiger partial charge in [-0.25, -0.2) is 12.8 Å². The van der Waals surface area contributed by atoms with Crippen LogP contribution in [0.15, 0.2) is 83.8 Å². The Labute approximate surface area is 224 Å². The number of amides is 2. The Morgan fingerprint density at radius 2 is 1.55 bits per heavy atom. The summed E-state index contributed by atoms with van der Waals surface area (Å²) in [6, 6.07) is 19.8. The maximum Gasteiger partial charge on any atom is 0.264 e. The lowest BCUT2D eigenvalue weighted by Gasteiger charge is -2.32. The second-order valence-corrected chi connectivity index (χ2v) is 10.8. The van der Waals surface area contributed by atoms with Gasteiger partial charge in [-0.05, 0) is 55.7 Å². The van der Waals surface area contributed by atoms with Crippen LogP contribution in [0.25, 0.3) is 0 Å². The molecule has 3 aromatic carbocycles. The Morgan fingerprint density at radius 1 is 0.921 bits per heavy atom. The molecule has 7 nitrogen and oxygen atoms in total. The molecule has 1 N–H and O–H groups in total. The Morgan fingerprint density at radius 3 is 2.16 bits per heavy atom. The number of halogens is 1. The zero-order valence-electron chi connectivity index (χ0n) is 21.9. The Hall–Kier alpha value is -3.72. The number of aryl methyl sites for hydroxylation is 1. The largest absolute Gasteiger partial charge is 0.354 e. The molecule has 1 atom stereocenters. The van der Waals surface area contributed by atoms with E-state index >= 15 is 0 Å². The van der Waals surface area contributed by atoms with Crippen LogP contribution in [-0.2, 0) is 32.6 Å². The molecule has 0 bridgehead atoms. The number of rotatable bonds is 12. The van der Waals surface area contributed by atoms with E-state index in [9.17, 15) is 22.4 Å². The highest BCUT2D eigenvalue weighted by Crippen LogP contribution is 2.25. The summed E-state index contributed by atoms with van der Waals surface area (Å²) in [5.41, 5.74) is 1.55. The minimum Gasteiger partial charge on any atom is -0.354 e. The maximum atomic E-state index is 14.5. The summed E-state index contributed by atoms with van der Waals surface area (Å²) in [5, 5.41) is 2.76. The van der Waals surface area contributed by atoms with E-state index in [0.717, 1.165) is 16.3 Å². The normalized spacial score (nSPS) is 12.0. The maximum absolute atomic E-state index is 14.5. The lowest BCUT2D eigenvalue weighted by atomic mass is 10.1. The Kier molecular flexibility index (Phi) is 10.0. The molecule has 38 heavy (non-hydrogen) atoms. The molecule has 202 valence electrons. The number of anilines is 1. The van der Waals surface area contributed by atoms with E-state index < -0.39 is 40.2 Å². The molecule has 9 heteroatoms. The molecule has 0 unspecified atom stereocenters. The highest BCUT2D eigenvalue weighted by molar-refractivity contribution is 7.92. The molecule has 0 aliphatic rings. The van der Waals surface area contributed by atoms with Gasteiger partial charge in [0.1, 0.15) is 18.4 Å². The fourth-order valence-electron chi connectivity index (χ4n) is 3.94. The van der Waals surface area contributed by atoms with Crippen LogP contribution in [-0.4, -0.2) is 44.3 Å². The topological polar surface area (TPSA) is 86.8 Å². The van der Waals surface area contributed by atoms with Crippen molar-refractivity contribution in [3.8, 4) is 0 Å². The van der Waals surface area contributed by atoms with Crippen LogP contribution in [0.1, 0.15) is 38.3 Å². The van der Waals surface area contributed by atoms with Gasteiger partial charge in [-0.1, -0.05) is 62.4 Å². The number of benzene rings is 3. The minimum absolute atomic E-state index is 0.0294. The summed E-state index contributed by atoms with van der Waals surface area (Å²) < 4.78 is 43.0. The third-order valence-corrected chi connectivity index (χ3v) is 8.05. The molecule has 0 radical (unpaired) electrons. The predicted octanol–water partition coefficient (Wildman–Crippen LogP) is 4.53. The van der Waals surface area contributed by atoms with E-state index in [4.69, 9.17) is 0 Å². The molecular formula is C29H34FN3O4S. The van der Waals surface area contributed by atoms with Crippen LogP contribution < -0.4 is 9.62 Å². The van der Waals surface area contributed by atoms with E-state index in [1.54, 1.807) is 43.3 Å². The third kappa shape index (κ3) is 6.98. The minimum atomic E-state index is -4.13. The number of sulfonamides is 1.